The van der Waals surface area contributed by atoms with Crippen LogP contribution in [-0.2, 0) is 14.8 Å². The zero-order valence-electron chi connectivity index (χ0n) is 19.2. The second kappa shape index (κ2) is 11.2. The minimum Gasteiger partial charge on any atom is -0.479 e. The Labute approximate surface area is 229 Å². The van der Waals surface area contributed by atoms with Crippen LogP contribution in [0.1, 0.15) is 12.6 Å². The molecule has 1 amide bonds. The van der Waals surface area contributed by atoms with Gasteiger partial charge >= 0.3 is 0 Å². The van der Waals surface area contributed by atoms with Crippen LogP contribution in [0.15, 0.2) is 58.9 Å². The van der Waals surface area contributed by atoms with E-state index in [1.54, 1.807) is 47.5 Å². The summed E-state index contributed by atoms with van der Waals surface area (Å²) in [7, 11) is -3.75. The Morgan fingerprint density at radius 2 is 2.03 bits per heavy atom. The van der Waals surface area contributed by atoms with Gasteiger partial charge in [-0.25, -0.2) is 13.4 Å². The summed E-state index contributed by atoms with van der Waals surface area (Å²) < 4.78 is 33.4. The van der Waals surface area contributed by atoms with Crippen LogP contribution in [0, 0.1) is 0 Å². The van der Waals surface area contributed by atoms with Gasteiger partial charge in [0, 0.05) is 42.6 Å². The first-order chi connectivity index (χ1) is 17.2. The standard InChI is InChI=1S/C23H24Cl2N4O5S2.4H2/c1-15(34-20-4-2-3-19(24)21(20)25)22(31)29-11-10-28(13-17(29)14-30)16-5-7-18(8-6-16)36(32,33)27-23-26-9-12-35-23;;;;/h2-9,12,15,17,30H,10-11,13-14H2,1H3,(H,26,27);4*1H/t15-,17+;;;;/m0..../s1. The number of hydrogen-bond acceptors (Lipinski definition) is 8. The van der Waals surface area contributed by atoms with E-state index in [0.29, 0.717) is 35.5 Å². The molecule has 0 aliphatic carbocycles. The van der Waals surface area contributed by atoms with E-state index in [2.05, 4.69) is 9.71 Å². The van der Waals surface area contributed by atoms with Crippen molar-refractivity contribution in [1.29, 1.82) is 0 Å². The van der Waals surface area contributed by atoms with Gasteiger partial charge in [-0.05, 0) is 43.3 Å². The van der Waals surface area contributed by atoms with Gasteiger partial charge in [-0.1, -0.05) is 29.3 Å². The highest BCUT2D eigenvalue weighted by Crippen LogP contribution is 2.32. The van der Waals surface area contributed by atoms with Crippen molar-refractivity contribution in [3.63, 3.8) is 0 Å². The van der Waals surface area contributed by atoms with Crippen LogP contribution < -0.4 is 14.4 Å². The number of carbonyl (C=O) groups excluding carboxylic acids is 1. The van der Waals surface area contributed by atoms with E-state index < -0.39 is 22.2 Å². The molecule has 0 radical (unpaired) electrons. The van der Waals surface area contributed by atoms with E-state index in [4.69, 9.17) is 27.9 Å². The number of benzene rings is 2. The lowest BCUT2D eigenvalue weighted by atomic mass is 10.1. The van der Waals surface area contributed by atoms with Crippen LogP contribution in [0.4, 0.5) is 10.8 Å². The molecule has 1 aromatic heterocycles. The van der Waals surface area contributed by atoms with E-state index in [9.17, 15) is 18.3 Å². The Balaban J connectivity index is 0.00000380. The smallest absolute Gasteiger partial charge is 0.263 e. The average molecular weight is 580 g/mol. The van der Waals surface area contributed by atoms with Crippen molar-refractivity contribution in [2.75, 3.05) is 35.9 Å². The highest BCUT2D eigenvalue weighted by molar-refractivity contribution is 7.93. The summed E-state index contributed by atoms with van der Waals surface area (Å²) in [6.45, 7) is 2.61. The van der Waals surface area contributed by atoms with Gasteiger partial charge in [-0.2, -0.15) is 0 Å². The average Bonchev–Trinajstić information content (AvgIpc) is 3.38. The van der Waals surface area contributed by atoms with Gasteiger partial charge in [0.15, 0.2) is 11.2 Å². The Hall–Kier alpha value is -2.57. The Kier molecular flexibility index (Phi) is 8.26. The first-order valence-corrected chi connectivity index (χ1v) is 14.1. The first kappa shape index (κ1) is 26.5. The lowest BCUT2D eigenvalue weighted by Gasteiger charge is -2.42. The third-order valence-electron chi connectivity index (χ3n) is 5.71. The molecule has 1 fully saturated rings. The van der Waals surface area contributed by atoms with Gasteiger partial charge in [-0.15, -0.1) is 11.3 Å². The van der Waals surface area contributed by atoms with Crippen molar-refractivity contribution < 1.29 is 28.8 Å². The van der Waals surface area contributed by atoms with E-state index in [1.165, 1.54) is 29.7 Å². The van der Waals surface area contributed by atoms with Crippen molar-refractivity contribution in [3.8, 4) is 5.75 Å². The molecular weight excluding hydrogens is 547 g/mol. The maximum absolute atomic E-state index is 13.1. The zero-order chi connectivity index (χ0) is 25.9. The van der Waals surface area contributed by atoms with Crippen molar-refractivity contribution in [2.45, 2.75) is 24.0 Å². The molecule has 1 aliphatic heterocycles. The molecule has 13 heteroatoms. The van der Waals surface area contributed by atoms with Gasteiger partial charge in [0.05, 0.1) is 22.6 Å². The monoisotopic (exact) mass is 578 g/mol. The van der Waals surface area contributed by atoms with Crippen LogP contribution in [0.5, 0.6) is 5.75 Å². The first-order valence-electron chi connectivity index (χ1n) is 11.0. The minimum atomic E-state index is -3.75. The molecule has 1 aliphatic rings. The SMILES string of the molecule is C[C@H](Oc1cccc(Cl)c1Cl)C(=O)N1CCN(c2ccc(S(=O)(=O)Nc3nccs3)cc2)C[C@@H]1CO.[HH].[HH].[HH].[HH]. The summed E-state index contributed by atoms with van der Waals surface area (Å²) in [6, 6.07) is 10.9. The normalized spacial score (nSPS) is 17.1. The van der Waals surface area contributed by atoms with Crippen LogP contribution >= 0.6 is 34.5 Å². The molecule has 3 aromatic rings. The number of rotatable bonds is 8. The molecule has 2 N–H and O–H groups in total. The summed E-state index contributed by atoms with van der Waals surface area (Å²) in [4.78, 5) is 20.8. The molecule has 200 valence electrons. The van der Waals surface area contributed by atoms with E-state index in [1.807, 2.05) is 4.90 Å². The fourth-order valence-corrected chi connectivity index (χ4v) is 5.99. The third kappa shape index (κ3) is 5.87. The number of sulfonamides is 1. The highest BCUT2D eigenvalue weighted by Gasteiger charge is 2.33. The van der Waals surface area contributed by atoms with Crippen LogP contribution in [0.3, 0.4) is 0 Å². The van der Waals surface area contributed by atoms with E-state index >= 15 is 0 Å². The number of hydrogen-bond donors (Lipinski definition) is 2. The zero-order valence-corrected chi connectivity index (χ0v) is 22.3. The van der Waals surface area contributed by atoms with Gasteiger partial charge in [0.25, 0.3) is 15.9 Å². The molecule has 9 nitrogen and oxygen atoms in total. The number of ether oxygens (including phenoxy) is 1. The lowest BCUT2D eigenvalue weighted by Crippen LogP contribution is -2.59. The fraction of sp³-hybridized carbons (Fsp3) is 0.304. The summed E-state index contributed by atoms with van der Waals surface area (Å²) in [6.07, 6.45) is 0.684. The maximum atomic E-state index is 13.1. The molecule has 0 spiro atoms. The molecule has 2 atom stereocenters. The number of aliphatic hydroxyl groups excluding tert-OH is 1. The number of nitrogens with one attached hydrogen (secondary N) is 1. The Morgan fingerprint density at radius 3 is 2.69 bits per heavy atom. The summed E-state index contributed by atoms with van der Waals surface area (Å²) in [5.74, 6) is 0.0306. The molecule has 0 unspecified atom stereocenters. The second-order valence-electron chi connectivity index (χ2n) is 8.06. The Morgan fingerprint density at radius 1 is 1.28 bits per heavy atom. The van der Waals surface area contributed by atoms with Gasteiger partial charge in [-0.3, -0.25) is 9.52 Å². The molecule has 4 rings (SSSR count). The Bertz CT molecular complexity index is 1330. The highest BCUT2D eigenvalue weighted by atomic mass is 35.5. The molecule has 36 heavy (non-hydrogen) atoms. The quantitative estimate of drug-likeness (QED) is 0.398. The molecule has 1 saturated heterocycles. The van der Waals surface area contributed by atoms with Gasteiger partial charge in [0.1, 0.15) is 10.8 Å². The minimum absolute atomic E-state index is 0. The molecule has 2 heterocycles. The number of aromatic nitrogens is 1. The van der Waals surface area contributed by atoms with Crippen molar-refractivity contribution in [2.24, 2.45) is 0 Å². The van der Waals surface area contributed by atoms with Crippen molar-refractivity contribution >= 4 is 61.3 Å². The number of aliphatic hydroxyl groups is 1. The topological polar surface area (TPSA) is 112 Å². The summed E-state index contributed by atoms with van der Waals surface area (Å²) in [5, 5.41) is 12.5. The number of piperazine rings is 1. The molecule has 0 bridgehead atoms. The van der Waals surface area contributed by atoms with Gasteiger partial charge < -0.3 is 19.6 Å². The lowest BCUT2D eigenvalue weighted by molar-refractivity contribution is -0.141. The maximum Gasteiger partial charge on any atom is 0.263 e. The second-order valence-corrected chi connectivity index (χ2v) is 11.4. The van der Waals surface area contributed by atoms with Crippen LogP contribution in [0.2, 0.25) is 10.0 Å². The third-order valence-corrected chi connectivity index (χ3v) is 8.68. The van der Waals surface area contributed by atoms with E-state index in [0.717, 1.165) is 5.69 Å². The number of halogens is 2. The van der Waals surface area contributed by atoms with E-state index in [-0.39, 0.29) is 28.1 Å². The predicted octanol–water partition coefficient (Wildman–Crippen LogP) is 4.71. The predicted molar refractivity (Wildman–Crippen MR) is 149 cm³/mol. The molecule has 0 saturated carbocycles. The number of thiazole rings is 1. The summed E-state index contributed by atoms with van der Waals surface area (Å²) >= 11 is 13.4. The number of amides is 1. The number of carbonyl (C=O) groups is 1. The summed E-state index contributed by atoms with van der Waals surface area (Å²) in [5.41, 5.74) is 0.781. The van der Waals surface area contributed by atoms with Crippen LogP contribution in [0.25, 0.3) is 0 Å². The molecular formula is C23H32Cl2N4O5S2. The number of nitrogens with zero attached hydrogens (tertiary/aromatic N) is 3. The van der Waals surface area contributed by atoms with Crippen LogP contribution in [-0.4, -0.2) is 67.7 Å². The van der Waals surface area contributed by atoms with Crippen molar-refractivity contribution in [3.05, 3.63) is 64.1 Å². The fourth-order valence-electron chi connectivity index (χ4n) is 3.87. The molecule has 2 aromatic carbocycles. The largest absolute Gasteiger partial charge is 0.479 e. The van der Waals surface area contributed by atoms with Gasteiger partial charge in [0.2, 0.25) is 0 Å². The van der Waals surface area contributed by atoms with Crippen molar-refractivity contribution in [1.82, 2.24) is 9.88 Å². The number of anilines is 2.